The number of fused-ring (bicyclic) bond motifs is 1. The van der Waals surface area contributed by atoms with Crippen molar-refractivity contribution in [2.75, 3.05) is 13.7 Å². The second-order valence-electron chi connectivity index (χ2n) is 8.30. The maximum absolute atomic E-state index is 13.5. The monoisotopic (exact) mass is 397 g/mol. The summed E-state index contributed by atoms with van der Waals surface area (Å²) in [6.07, 6.45) is 3.22. The lowest BCUT2D eigenvalue weighted by Crippen LogP contribution is -2.41. The van der Waals surface area contributed by atoms with E-state index in [1.54, 1.807) is 29.2 Å². The summed E-state index contributed by atoms with van der Waals surface area (Å²) < 4.78 is 10.9. The predicted octanol–water partition coefficient (Wildman–Crippen LogP) is 3.42. The van der Waals surface area contributed by atoms with Crippen LogP contribution < -0.4 is 0 Å². The van der Waals surface area contributed by atoms with Crippen molar-refractivity contribution in [2.45, 2.75) is 51.7 Å². The van der Waals surface area contributed by atoms with Crippen LogP contribution in [0.4, 0.5) is 0 Å². The van der Waals surface area contributed by atoms with Crippen LogP contribution in [0.15, 0.2) is 35.6 Å². The number of carbonyl (C=O) groups is 3. The van der Waals surface area contributed by atoms with Crippen molar-refractivity contribution in [3.8, 4) is 0 Å². The number of esters is 1. The lowest BCUT2D eigenvalue weighted by atomic mass is 9.74. The van der Waals surface area contributed by atoms with E-state index < -0.39 is 12.0 Å². The van der Waals surface area contributed by atoms with Crippen LogP contribution in [0.2, 0.25) is 0 Å². The van der Waals surface area contributed by atoms with Crippen molar-refractivity contribution in [3.63, 3.8) is 0 Å². The number of Topliss-reactive ketones (excluding diaryl/α,β-unsaturated/α-hetero) is 1. The SMILES string of the molecule is CCCN1C(=O)C2=C(C(=O)C3CC(C)CCC3O2)C1c1ccc(C(=O)OC)cc1. The zero-order valence-electron chi connectivity index (χ0n) is 17.1. The van der Waals surface area contributed by atoms with Crippen LogP contribution in [0.1, 0.15) is 61.5 Å². The van der Waals surface area contributed by atoms with Crippen LogP contribution in [0.3, 0.4) is 0 Å². The fourth-order valence-electron chi connectivity index (χ4n) is 4.86. The molecular formula is C23H27NO5. The molecule has 1 aromatic rings. The average Bonchev–Trinajstić information content (AvgIpc) is 3.01. The molecule has 4 unspecified atom stereocenters. The Morgan fingerprint density at radius 1 is 1.21 bits per heavy atom. The lowest BCUT2D eigenvalue weighted by molar-refractivity contribution is -0.136. The molecule has 1 aromatic carbocycles. The first-order valence-corrected chi connectivity index (χ1v) is 10.4. The molecule has 1 amide bonds. The van der Waals surface area contributed by atoms with Crippen LogP contribution in [-0.2, 0) is 19.1 Å². The van der Waals surface area contributed by atoms with Crippen LogP contribution in [0, 0.1) is 11.8 Å². The molecule has 1 saturated carbocycles. The summed E-state index contributed by atoms with van der Waals surface area (Å²) in [4.78, 5) is 40.1. The van der Waals surface area contributed by atoms with Crippen molar-refractivity contribution >= 4 is 17.7 Å². The molecule has 0 spiro atoms. The second-order valence-corrected chi connectivity index (χ2v) is 8.30. The molecule has 4 atom stereocenters. The minimum Gasteiger partial charge on any atom is -0.483 e. The van der Waals surface area contributed by atoms with E-state index in [0.29, 0.717) is 23.6 Å². The van der Waals surface area contributed by atoms with Crippen molar-refractivity contribution < 1.29 is 23.9 Å². The summed E-state index contributed by atoms with van der Waals surface area (Å²) >= 11 is 0. The van der Waals surface area contributed by atoms with E-state index in [1.165, 1.54) is 7.11 Å². The van der Waals surface area contributed by atoms with Gasteiger partial charge in [0.15, 0.2) is 11.5 Å². The molecule has 6 nitrogen and oxygen atoms in total. The largest absolute Gasteiger partial charge is 0.483 e. The fraction of sp³-hybridized carbons (Fsp3) is 0.522. The molecule has 0 aromatic heterocycles. The number of hydrogen-bond donors (Lipinski definition) is 0. The Morgan fingerprint density at radius 2 is 1.93 bits per heavy atom. The van der Waals surface area contributed by atoms with Gasteiger partial charge in [-0.3, -0.25) is 9.59 Å². The molecule has 0 radical (unpaired) electrons. The lowest BCUT2D eigenvalue weighted by Gasteiger charge is -2.37. The Bertz CT molecular complexity index is 872. The van der Waals surface area contributed by atoms with Crippen LogP contribution in [0.25, 0.3) is 0 Å². The number of nitrogens with zero attached hydrogens (tertiary/aromatic N) is 1. The molecule has 0 N–H and O–H groups in total. The molecular weight excluding hydrogens is 370 g/mol. The second kappa shape index (κ2) is 7.65. The fourth-order valence-corrected chi connectivity index (χ4v) is 4.86. The normalized spacial score (nSPS) is 28.7. The number of benzene rings is 1. The third-order valence-electron chi connectivity index (χ3n) is 6.32. The summed E-state index contributed by atoms with van der Waals surface area (Å²) in [5.74, 6) is -0.0239. The first kappa shape index (κ1) is 19.7. The van der Waals surface area contributed by atoms with Gasteiger partial charge in [-0.15, -0.1) is 0 Å². The highest BCUT2D eigenvalue weighted by Crippen LogP contribution is 2.47. The highest BCUT2D eigenvalue weighted by atomic mass is 16.5. The van der Waals surface area contributed by atoms with Crippen LogP contribution in [-0.4, -0.2) is 42.3 Å². The first-order valence-electron chi connectivity index (χ1n) is 10.4. The van der Waals surface area contributed by atoms with Gasteiger partial charge in [0.05, 0.1) is 30.2 Å². The van der Waals surface area contributed by atoms with E-state index in [2.05, 4.69) is 6.92 Å². The van der Waals surface area contributed by atoms with E-state index in [1.807, 2.05) is 6.92 Å². The number of ketones is 1. The van der Waals surface area contributed by atoms with E-state index in [0.717, 1.165) is 31.2 Å². The number of ether oxygens (including phenoxy) is 2. The zero-order valence-corrected chi connectivity index (χ0v) is 17.1. The van der Waals surface area contributed by atoms with Gasteiger partial charge in [0.2, 0.25) is 0 Å². The Labute approximate surface area is 170 Å². The van der Waals surface area contributed by atoms with Gasteiger partial charge in [0.1, 0.15) is 6.10 Å². The van der Waals surface area contributed by atoms with Gasteiger partial charge in [0, 0.05) is 6.54 Å². The van der Waals surface area contributed by atoms with E-state index in [4.69, 9.17) is 9.47 Å². The molecule has 2 aliphatic heterocycles. The Morgan fingerprint density at radius 3 is 2.59 bits per heavy atom. The molecule has 6 heteroatoms. The summed E-state index contributed by atoms with van der Waals surface area (Å²) in [5.41, 5.74) is 1.73. The summed E-state index contributed by atoms with van der Waals surface area (Å²) in [6, 6.07) is 6.48. The topological polar surface area (TPSA) is 72.9 Å². The highest BCUT2D eigenvalue weighted by molar-refractivity contribution is 6.11. The van der Waals surface area contributed by atoms with Gasteiger partial charge in [-0.1, -0.05) is 26.0 Å². The van der Waals surface area contributed by atoms with Gasteiger partial charge in [-0.25, -0.2) is 4.79 Å². The van der Waals surface area contributed by atoms with Crippen molar-refractivity contribution in [1.29, 1.82) is 0 Å². The van der Waals surface area contributed by atoms with Crippen molar-refractivity contribution in [2.24, 2.45) is 11.8 Å². The minimum atomic E-state index is -0.463. The number of methoxy groups -OCH3 is 1. The third kappa shape index (κ3) is 3.24. The smallest absolute Gasteiger partial charge is 0.337 e. The minimum absolute atomic E-state index is 0.0526. The summed E-state index contributed by atoms with van der Waals surface area (Å²) in [6.45, 7) is 4.71. The van der Waals surface area contributed by atoms with E-state index in [9.17, 15) is 14.4 Å². The van der Waals surface area contributed by atoms with Gasteiger partial charge in [-0.2, -0.15) is 0 Å². The molecule has 1 aliphatic carbocycles. The third-order valence-corrected chi connectivity index (χ3v) is 6.32. The predicted molar refractivity (Wildman–Crippen MR) is 106 cm³/mol. The molecule has 154 valence electrons. The van der Waals surface area contributed by atoms with Crippen molar-refractivity contribution in [3.05, 3.63) is 46.7 Å². The molecule has 0 saturated heterocycles. The first-order chi connectivity index (χ1) is 14.0. The molecule has 2 heterocycles. The molecule has 0 bridgehead atoms. The number of hydrogen-bond acceptors (Lipinski definition) is 5. The molecule has 4 rings (SSSR count). The van der Waals surface area contributed by atoms with Gasteiger partial charge in [0.25, 0.3) is 5.91 Å². The summed E-state index contributed by atoms with van der Waals surface area (Å²) in [7, 11) is 1.34. The van der Waals surface area contributed by atoms with E-state index >= 15 is 0 Å². The van der Waals surface area contributed by atoms with Gasteiger partial charge >= 0.3 is 5.97 Å². The molecule has 3 aliphatic rings. The average molecular weight is 397 g/mol. The maximum Gasteiger partial charge on any atom is 0.337 e. The van der Waals surface area contributed by atoms with Gasteiger partial charge < -0.3 is 14.4 Å². The van der Waals surface area contributed by atoms with E-state index in [-0.39, 0.29) is 29.5 Å². The zero-order chi connectivity index (χ0) is 20.7. The Balaban J connectivity index is 1.74. The van der Waals surface area contributed by atoms with Crippen LogP contribution >= 0.6 is 0 Å². The molecule has 1 fully saturated rings. The van der Waals surface area contributed by atoms with Gasteiger partial charge in [-0.05, 0) is 49.3 Å². The number of amides is 1. The molecule has 29 heavy (non-hydrogen) atoms. The maximum atomic E-state index is 13.5. The van der Waals surface area contributed by atoms with Crippen molar-refractivity contribution in [1.82, 2.24) is 4.90 Å². The van der Waals surface area contributed by atoms with Crippen LogP contribution in [0.5, 0.6) is 0 Å². The standard InChI is InChI=1S/C23H27NO5/c1-4-11-24-19(14-6-8-15(9-7-14)23(27)28-3)18-20(25)16-12-13(2)5-10-17(16)29-21(18)22(24)26/h6-9,13,16-17,19H,4-5,10-12H2,1-3H3. The summed E-state index contributed by atoms with van der Waals surface area (Å²) in [5, 5.41) is 0. The quantitative estimate of drug-likeness (QED) is 0.728. The Kier molecular flexibility index (Phi) is 5.19. The number of carbonyl (C=O) groups excluding carboxylic acids is 3. The Hall–Kier alpha value is -2.63. The highest BCUT2D eigenvalue weighted by Gasteiger charge is 2.52. The number of rotatable bonds is 4.